The number of nitriles is 1. The maximum Gasteiger partial charge on any atom is 0.303 e. The second kappa shape index (κ2) is 8.33. The van der Waals surface area contributed by atoms with Gasteiger partial charge in [-0.15, -0.1) is 7.77 Å². The van der Waals surface area contributed by atoms with E-state index in [1.54, 1.807) is 4.90 Å². The predicted octanol–water partition coefficient (Wildman–Crippen LogP) is 1.10. The van der Waals surface area contributed by atoms with Crippen LogP contribution < -0.4 is 0 Å². The van der Waals surface area contributed by atoms with Crippen molar-refractivity contribution in [2.75, 3.05) is 24.6 Å². The molecule has 0 aromatic carbocycles. The van der Waals surface area contributed by atoms with Crippen molar-refractivity contribution < 1.29 is 34.5 Å². The minimum absolute atomic E-state index is 0.108. The summed E-state index contributed by atoms with van der Waals surface area (Å²) in [7, 11) is -9.90. The van der Waals surface area contributed by atoms with Crippen molar-refractivity contribution in [1.82, 2.24) is 9.80 Å². The molecular formula is C22H31F2N3O6S2. The summed E-state index contributed by atoms with van der Waals surface area (Å²) in [6.07, 6.45) is 4.89. The Kier molecular flexibility index (Phi) is 6.02. The number of amides is 1. The van der Waals surface area contributed by atoms with Crippen molar-refractivity contribution in [3.8, 4) is 6.07 Å². The van der Waals surface area contributed by atoms with Crippen LogP contribution in [-0.2, 0) is 25.2 Å². The number of rotatable bonds is 9. The number of hydrogen-bond donors (Lipinski definition) is 1. The van der Waals surface area contributed by atoms with Crippen LogP contribution in [0.1, 0.15) is 51.4 Å². The van der Waals surface area contributed by atoms with Crippen LogP contribution in [0, 0.1) is 34.5 Å². The number of piperidine rings is 1. The van der Waals surface area contributed by atoms with Crippen molar-refractivity contribution in [3.05, 3.63) is 0 Å². The van der Waals surface area contributed by atoms with E-state index in [1.807, 2.05) is 0 Å². The van der Waals surface area contributed by atoms with Gasteiger partial charge in [0.05, 0.1) is 29.2 Å². The Bertz CT molecular complexity index is 1110. The van der Waals surface area contributed by atoms with Crippen LogP contribution >= 0.6 is 0 Å². The topological polar surface area (TPSA) is 136 Å². The SMILES string of the molecule is N#C[C@@H]1C[C@@H]2C[C@@H]2N1C(=O)[C@@H](N(CCS(=O)(=O)F)CCS(=O)(=O)F)C12CC3CC(CC(O)(C3)C1)C2. The lowest BCUT2D eigenvalue weighted by Crippen LogP contribution is -2.67. The van der Waals surface area contributed by atoms with Crippen LogP contribution in [0.5, 0.6) is 0 Å². The van der Waals surface area contributed by atoms with Gasteiger partial charge in [0, 0.05) is 19.1 Å². The number of hydrogen-bond acceptors (Lipinski definition) is 8. The number of likely N-dealkylation sites (tertiary alicyclic amines) is 1. The van der Waals surface area contributed by atoms with E-state index in [0.717, 1.165) is 12.8 Å². The highest BCUT2D eigenvalue weighted by atomic mass is 32.3. The summed E-state index contributed by atoms with van der Waals surface area (Å²) in [5.74, 6) is -1.82. The quantitative estimate of drug-likeness (QED) is 0.434. The highest BCUT2D eigenvalue weighted by Gasteiger charge is 2.64. The number of aliphatic hydroxyl groups is 1. The van der Waals surface area contributed by atoms with Crippen molar-refractivity contribution in [2.45, 2.75) is 75.1 Å². The molecule has 0 aromatic heterocycles. The third kappa shape index (κ3) is 4.95. The average molecular weight is 536 g/mol. The van der Waals surface area contributed by atoms with Crippen LogP contribution in [0.25, 0.3) is 0 Å². The number of carbonyl (C=O) groups is 1. The lowest BCUT2D eigenvalue weighted by molar-refractivity contribution is -0.191. The molecule has 5 saturated carbocycles. The standard InChI is InChI=1S/C22H31F2N3O6S2/c23-34(30,31)3-1-26(2-4-35(24,32)33)19(20(28)27-17(12-25)6-16-7-18(16)27)21-8-14-5-15(9-21)11-22(29,10-14)13-21/h14-19,29H,1-11,13H2/t14?,15?,16-,17+,18+,19-,21?,22?/m1/s1. The predicted molar refractivity (Wildman–Crippen MR) is 120 cm³/mol. The number of nitrogens with zero attached hydrogens (tertiary/aromatic N) is 3. The van der Waals surface area contributed by atoms with E-state index in [1.165, 1.54) is 4.90 Å². The molecule has 1 aliphatic heterocycles. The van der Waals surface area contributed by atoms with Crippen molar-refractivity contribution in [2.24, 2.45) is 23.2 Å². The van der Waals surface area contributed by atoms with Gasteiger partial charge in [-0.3, -0.25) is 9.69 Å². The first-order valence-electron chi connectivity index (χ1n) is 12.2. The Balaban J connectivity index is 1.55. The summed E-state index contributed by atoms with van der Waals surface area (Å²) >= 11 is 0. The first kappa shape index (κ1) is 25.3. The lowest BCUT2D eigenvalue weighted by atomic mass is 9.46. The van der Waals surface area contributed by atoms with Gasteiger partial charge in [-0.1, -0.05) is 0 Å². The second-order valence-corrected chi connectivity index (χ2v) is 14.6. The summed E-state index contributed by atoms with van der Waals surface area (Å²) < 4.78 is 72.7. The maximum absolute atomic E-state index is 14.2. The first-order valence-corrected chi connectivity index (χ1v) is 15.3. The number of halogens is 2. The molecule has 4 bridgehead atoms. The van der Waals surface area contributed by atoms with E-state index >= 15 is 0 Å². The Labute approximate surface area is 204 Å². The smallest absolute Gasteiger partial charge is 0.303 e. The van der Waals surface area contributed by atoms with Gasteiger partial charge in [0.15, 0.2) is 0 Å². The van der Waals surface area contributed by atoms with Crippen molar-refractivity contribution in [1.29, 1.82) is 5.26 Å². The molecule has 2 unspecified atom stereocenters. The highest BCUT2D eigenvalue weighted by molar-refractivity contribution is 7.86. The monoisotopic (exact) mass is 535 g/mol. The van der Waals surface area contributed by atoms with Gasteiger partial charge in [-0.05, 0) is 74.5 Å². The molecule has 6 fully saturated rings. The van der Waals surface area contributed by atoms with Crippen LogP contribution in [0.15, 0.2) is 0 Å². The second-order valence-electron chi connectivity index (χ2n) is 11.7. The Hall–Kier alpha value is -1.36. The van der Waals surface area contributed by atoms with Gasteiger partial charge in [-0.25, -0.2) is 0 Å². The fraction of sp³-hybridized carbons (Fsp3) is 0.909. The van der Waals surface area contributed by atoms with E-state index in [9.17, 15) is 39.8 Å². The largest absolute Gasteiger partial charge is 0.390 e. The molecule has 6 atom stereocenters. The molecule has 0 spiro atoms. The maximum atomic E-state index is 14.2. The van der Waals surface area contributed by atoms with Crippen LogP contribution in [0.2, 0.25) is 0 Å². The minimum atomic E-state index is -4.95. The average Bonchev–Trinajstić information content (AvgIpc) is 3.35. The zero-order valence-corrected chi connectivity index (χ0v) is 21.0. The normalized spacial score (nSPS) is 40.5. The van der Waals surface area contributed by atoms with Gasteiger partial charge in [0.1, 0.15) is 6.04 Å². The molecule has 1 heterocycles. The van der Waals surface area contributed by atoms with E-state index < -0.39 is 74.0 Å². The lowest BCUT2D eigenvalue weighted by Gasteiger charge is -2.63. The summed E-state index contributed by atoms with van der Waals surface area (Å²) in [4.78, 5) is 17.1. The van der Waals surface area contributed by atoms with Gasteiger partial charge in [0.2, 0.25) is 5.91 Å². The molecule has 0 aromatic rings. The van der Waals surface area contributed by atoms with Crippen LogP contribution in [0.3, 0.4) is 0 Å². The molecule has 196 valence electrons. The van der Waals surface area contributed by atoms with Gasteiger partial charge >= 0.3 is 20.4 Å². The third-order valence-corrected chi connectivity index (χ3v) is 10.3. The number of carbonyl (C=O) groups excluding carboxylic acids is 1. The summed E-state index contributed by atoms with van der Waals surface area (Å²) in [5.41, 5.74) is -1.77. The molecule has 35 heavy (non-hydrogen) atoms. The van der Waals surface area contributed by atoms with Gasteiger partial charge < -0.3 is 10.0 Å². The van der Waals surface area contributed by atoms with Crippen molar-refractivity contribution >= 4 is 26.4 Å². The summed E-state index contributed by atoms with van der Waals surface area (Å²) in [5, 5.41) is 21.0. The fourth-order valence-corrected chi connectivity index (χ4v) is 9.17. The molecule has 13 heteroatoms. The molecule has 9 nitrogen and oxygen atoms in total. The Morgan fingerprint density at radius 1 is 1.03 bits per heavy atom. The molecule has 6 rings (SSSR count). The van der Waals surface area contributed by atoms with Gasteiger partial charge in [-0.2, -0.15) is 22.1 Å². The molecular weight excluding hydrogens is 504 g/mol. The highest BCUT2D eigenvalue weighted by Crippen LogP contribution is 2.64. The Morgan fingerprint density at radius 2 is 1.60 bits per heavy atom. The van der Waals surface area contributed by atoms with E-state index in [4.69, 9.17) is 0 Å². The van der Waals surface area contributed by atoms with E-state index in [-0.39, 0.29) is 30.2 Å². The van der Waals surface area contributed by atoms with Crippen LogP contribution in [-0.4, -0.2) is 86.0 Å². The zero-order valence-electron chi connectivity index (χ0n) is 19.4. The molecule has 6 aliphatic rings. The summed E-state index contributed by atoms with van der Waals surface area (Å²) in [6.45, 7) is -0.973. The van der Waals surface area contributed by atoms with Crippen molar-refractivity contribution in [3.63, 3.8) is 0 Å². The molecule has 1 N–H and O–H groups in total. The Morgan fingerprint density at radius 3 is 2.09 bits per heavy atom. The summed E-state index contributed by atoms with van der Waals surface area (Å²) in [6, 6.07) is 0.339. The fourth-order valence-electron chi connectivity index (χ4n) is 8.26. The third-order valence-electron chi connectivity index (χ3n) is 9.01. The zero-order chi connectivity index (χ0) is 25.4. The first-order chi connectivity index (χ1) is 16.2. The van der Waals surface area contributed by atoms with E-state index in [0.29, 0.717) is 32.1 Å². The number of fused-ring (bicyclic) bond motifs is 1. The van der Waals surface area contributed by atoms with Crippen LogP contribution in [0.4, 0.5) is 7.77 Å². The van der Waals surface area contributed by atoms with E-state index in [2.05, 4.69) is 6.07 Å². The molecule has 0 radical (unpaired) electrons. The molecule has 1 amide bonds. The minimum Gasteiger partial charge on any atom is -0.390 e. The molecule has 5 aliphatic carbocycles. The molecule has 1 saturated heterocycles. The van der Waals surface area contributed by atoms with Gasteiger partial charge in [0.25, 0.3) is 0 Å².